The lowest BCUT2D eigenvalue weighted by molar-refractivity contribution is 0.649. The standard InChI is InChI=1S/C9H12N4OS/c1-13-3-2-7(12-13)4-10-5-8-6-15-9(14)11-8/h2-3,6,10H,4-5H2,1H3,(H,11,14). The van der Waals surface area contributed by atoms with Crippen LogP contribution in [0.1, 0.15) is 11.4 Å². The maximum Gasteiger partial charge on any atom is 0.304 e. The van der Waals surface area contributed by atoms with Crippen LogP contribution >= 0.6 is 11.3 Å². The van der Waals surface area contributed by atoms with Crippen molar-refractivity contribution in [2.24, 2.45) is 7.05 Å². The van der Waals surface area contributed by atoms with Crippen molar-refractivity contribution in [3.8, 4) is 0 Å². The molecule has 0 unspecified atom stereocenters. The first-order valence-electron chi connectivity index (χ1n) is 4.60. The normalized spacial score (nSPS) is 10.7. The Bertz CT molecular complexity index is 484. The average molecular weight is 224 g/mol. The molecule has 2 rings (SSSR count). The van der Waals surface area contributed by atoms with E-state index in [1.807, 2.05) is 24.7 Å². The summed E-state index contributed by atoms with van der Waals surface area (Å²) in [6, 6.07) is 1.96. The monoisotopic (exact) mass is 224 g/mol. The first-order valence-corrected chi connectivity index (χ1v) is 5.48. The largest absolute Gasteiger partial charge is 0.315 e. The van der Waals surface area contributed by atoms with Crippen molar-refractivity contribution >= 4 is 11.3 Å². The van der Waals surface area contributed by atoms with E-state index in [0.29, 0.717) is 13.1 Å². The van der Waals surface area contributed by atoms with E-state index in [4.69, 9.17) is 0 Å². The van der Waals surface area contributed by atoms with E-state index >= 15 is 0 Å². The molecule has 2 aromatic rings. The number of hydrogen-bond donors (Lipinski definition) is 2. The zero-order chi connectivity index (χ0) is 10.7. The van der Waals surface area contributed by atoms with Gasteiger partial charge >= 0.3 is 4.87 Å². The highest BCUT2D eigenvalue weighted by Gasteiger charge is 1.98. The number of aryl methyl sites for hydroxylation is 1. The first-order chi connectivity index (χ1) is 7.24. The van der Waals surface area contributed by atoms with E-state index in [2.05, 4.69) is 15.4 Å². The van der Waals surface area contributed by atoms with Crippen LogP contribution in [0.4, 0.5) is 0 Å². The second-order valence-corrected chi connectivity index (χ2v) is 4.10. The molecule has 0 aliphatic heterocycles. The van der Waals surface area contributed by atoms with E-state index in [-0.39, 0.29) is 4.87 Å². The Balaban J connectivity index is 1.82. The highest BCUT2D eigenvalue weighted by atomic mass is 32.1. The number of hydrogen-bond acceptors (Lipinski definition) is 4. The molecular formula is C9H12N4OS. The molecule has 6 heteroatoms. The molecule has 0 aliphatic carbocycles. The summed E-state index contributed by atoms with van der Waals surface area (Å²) in [4.78, 5) is 13.6. The van der Waals surface area contributed by atoms with Crippen LogP contribution in [-0.2, 0) is 20.1 Å². The van der Waals surface area contributed by atoms with Crippen molar-refractivity contribution in [2.45, 2.75) is 13.1 Å². The summed E-state index contributed by atoms with van der Waals surface area (Å²) in [5.74, 6) is 0. The third-order valence-electron chi connectivity index (χ3n) is 1.96. The average Bonchev–Trinajstić information content (AvgIpc) is 2.76. The van der Waals surface area contributed by atoms with E-state index in [1.165, 1.54) is 11.3 Å². The van der Waals surface area contributed by atoms with Crippen molar-refractivity contribution in [3.63, 3.8) is 0 Å². The molecule has 2 N–H and O–H groups in total. The van der Waals surface area contributed by atoms with Gasteiger partial charge in [0.2, 0.25) is 0 Å². The van der Waals surface area contributed by atoms with Crippen LogP contribution in [0.2, 0.25) is 0 Å². The lowest BCUT2D eigenvalue weighted by Crippen LogP contribution is -2.14. The molecule has 0 amide bonds. The van der Waals surface area contributed by atoms with E-state index in [9.17, 15) is 4.79 Å². The van der Waals surface area contributed by atoms with Crippen molar-refractivity contribution in [1.82, 2.24) is 20.1 Å². The van der Waals surface area contributed by atoms with Crippen LogP contribution in [-0.4, -0.2) is 14.8 Å². The molecule has 0 atom stereocenters. The molecule has 0 saturated carbocycles. The maximum atomic E-state index is 10.8. The maximum absolute atomic E-state index is 10.8. The van der Waals surface area contributed by atoms with Gasteiger partial charge in [-0.05, 0) is 6.07 Å². The first kappa shape index (κ1) is 10.1. The number of thiazole rings is 1. The minimum atomic E-state index is -0.00960. The van der Waals surface area contributed by atoms with Crippen molar-refractivity contribution in [1.29, 1.82) is 0 Å². The zero-order valence-electron chi connectivity index (χ0n) is 8.36. The smallest absolute Gasteiger partial charge is 0.304 e. The molecule has 80 valence electrons. The van der Waals surface area contributed by atoms with Gasteiger partial charge < -0.3 is 10.3 Å². The molecular weight excluding hydrogens is 212 g/mol. The predicted octanol–water partition coefficient (Wildman–Crippen LogP) is 0.460. The Hall–Kier alpha value is -1.40. The number of rotatable bonds is 4. The van der Waals surface area contributed by atoms with Gasteiger partial charge in [0.1, 0.15) is 0 Å². The lowest BCUT2D eigenvalue weighted by atomic mass is 10.4. The minimum absolute atomic E-state index is 0.00960. The second kappa shape index (κ2) is 4.41. The molecule has 0 aliphatic rings. The van der Waals surface area contributed by atoms with Gasteiger partial charge in [-0.3, -0.25) is 9.48 Å². The van der Waals surface area contributed by atoms with Gasteiger partial charge in [0.25, 0.3) is 0 Å². The molecule has 0 spiro atoms. The molecule has 0 aromatic carbocycles. The van der Waals surface area contributed by atoms with Crippen LogP contribution in [0.25, 0.3) is 0 Å². The Morgan fingerprint density at radius 2 is 2.47 bits per heavy atom. The number of nitrogens with zero attached hydrogens (tertiary/aromatic N) is 2. The lowest BCUT2D eigenvalue weighted by Gasteiger charge is -1.99. The minimum Gasteiger partial charge on any atom is -0.315 e. The number of H-pyrrole nitrogens is 1. The summed E-state index contributed by atoms with van der Waals surface area (Å²) in [6.45, 7) is 1.37. The second-order valence-electron chi connectivity index (χ2n) is 3.26. The fraction of sp³-hybridized carbons (Fsp3) is 0.333. The Kier molecular flexibility index (Phi) is 2.98. The molecule has 0 radical (unpaired) electrons. The zero-order valence-corrected chi connectivity index (χ0v) is 9.17. The summed E-state index contributed by atoms with van der Waals surface area (Å²) in [7, 11) is 1.89. The predicted molar refractivity (Wildman–Crippen MR) is 58.7 cm³/mol. The van der Waals surface area contributed by atoms with Crippen molar-refractivity contribution in [3.05, 3.63) is 38.7 Å². The van der Waals surface area contributed by atoms with Crippen molar-refractivity contribution < 1.29 is 0 Å². The van der Waals surface area contributed by atoms with Gasteiger partial charge in [-0.15, -0.1) is 0 Å². The van der Waals surface area contributed by atoms with Gasteiger partial charge in [-0.25, -0.2) is 0 Å². The quantitative estimate of drug-likeness (QED) is 0.793. The summed E-state index contributed by atoms with van der Waals surface area (Å²) in [5.41, 5.74) is 1.91. The van der Waals surface area contributed by atoms with Gasteiger partial charge in [-0.1, -0.05) is 11.3 Å². The van der Waals surface area contributed by atoms with Crippen LogP contribution in [0.15, 0.2) is 22.4 Å². The van der Waals surface area contributed by atoms with Crippen LogP contribution in [0.5, 0.6) is 0 Å². The number of aromatic amines is 1. The Labute approximate surface area is 90.8 Å². The highest BCUT2D eigenvalue weighted by molar-refractivity contribution is 7.07. The molecule has 0 bridgehead atoms. The summed E-state index contributed by atoms with van der Waals surface area (Å²) in [5, 5.41) is 9.26. The van der Waals surface area contributed by atoms with Gasteiger partial charge in [0.15, 0.2) is 0 Å². The summed E-state index contributed by atoms with van der Waals surface area (Å²) in [6.07, 6.45) is 1.91. The topological polar surface area (TPSA) is 62.7 Å². The van der Waals surface area contributed by atoms with E-state index in [0.717, 1.165) is 11.4 Å². The third-order valence-corrected chi connectivity index (χ3v) is 2.68. The highest BCUT2D eigenvalue weighted by Crippen LogP contribution is 1.97. The van der Waals surface area contributed by atoms with Crippen LogP contribution < -0.4 is 10.2 Å². The molecule has 0 fully saturated rings. The molecule has 2 aromatic heterocycles. The van der Waals surface area contributed by atoms with Gasteiger partial charge in [-0.2, -0.15) is 5.10 Å². The summed E-state index contributed by atoms with van der Waals surface area (Å²) >= 11 is 1.18. The SMILES string of the molecule is Cn1ccc(CNCc2csc(=O)[nH]2)n1. The number of aromatic nitrogens is 3. The fourth-order valence-electron chi connectivity index (χ4n) is 1.28. The third kappa shape index (κ3) is 2.77. The van der Waals surface area contributed by atoms with Crippen LogP contribution in [0.3, 0.4) is 0 Å². The van der Waals surface area contributed by atoms with Gasteiger partial charge in [0, 0.05) is 37.4 Å². The van der Waals surface area contributed by atoms with E-state index in [1.54, 1.807) is 4.68 Å². The molecule has 15 heavy (non-hydrogen) atoms. The van der Waals surface area contributed by atoms with Crippen LogP contribution in [0, 0.1) is 0 Å². The molecule has 0 saturated heterocycles. The Morgan fingerprint density at radius 3 is 3.07 bits per heavy atom. The molecule has 2 heterocycles. The van der Waals surface area contributed by atoms with Crippen molar-refractivity contribution in [2.75, 3.05) is 0 Å². The van der Waals surface area contributed by atoms with Gasteiger partial charge in [0.05, 0.1) is 5.69 Å². The fourth-order valence-corrected chi connectivity index (χ4v) is 1.86. The Morgan fingerprint density at radius 1 is 1.60 bits per heavy atom. The summed E-state index contributed by atoms with van der Waals surface area (Å²) < 4.78 is 1.77. The number of nitrogens with one attached hydrogen (secondary N) is 2. The molecule has 5 nitrogen and oxygen atoms in total. The van der Waals surface area contributed by atoms with E-state index < -0.39 is 0 Å².